The number of benzene rings is 7. The molecule has 0 saturated carbocycles. The molecule has 0 N–H and O–H groups in total. The molecule has 238 valence electrons. The number of nitrogens with zero attached hydrogens (tertiary/aromatic N) is 4. The number of hydrogen-bond acceptors (Lipinski definition) is 7. The van der Waals surface area contributed by atoms with Crippen molar-refractivity contribution in [3.8, 4) is 45.6 Å². The first-order valence-corrected chi connectivity index (χ1v) is 17.5. The third-order valence-corrected chi connectivity index (χ3v) is 10.8. The van der Waals surface area contributed by atoms with E-state index < -0.39 is 0 Å². The van der Waals surface area contributed by atoms with Gasteiger partial charge in [-0.1, -0.05) is 103 Å². The Morgan fingerprint density at radius 2 is 1.14 bits per heavy atom. The van der Waals surface area contributed by atoms with Gasteiger partial charge in [-0.3, -0.25) is 0 Å². The number of furan rings is 1. The quantitative estimate of drug-likeness (QED) is 0.185. The monoisotopic (exact) mass is 672 g/mol. The van der Waals surface area contributed by atoms with Crippen molar-refractivity contribution in [3.63, 3.8) is 0 Å². The van der Waals surface area contributed by atoms with E-state index in [1.165, 1.54) is 4.70 Å². The summed E-state index contributed by atoms with van der Waals surface area (Å²) in [4.78, 5) is 20.5. The minimum absolute atomic E-state index is 0.520. The van der Waals surface area contributed by atoms with E-state index in [1.54, 1.807) is 11.3 Å². The molecule has 0 saturated heterocycles. The van der Waals surface area contributed by atoms with E-state index >= 15 is 0 Å². The first-order chi connectivity index (χ1) is 25.2. The lowest BCUT2D eigenvalue weighted by Gasteiger charge is -2.09. The average molecular weight is 673 g/mol. The summed E-state index contributed by atoms with van der Waals surface area (Å²) in [6.45, 7) is 0. The molecule has 0 bridgehead atoms. The Balaban J connectivity index is 1.19. The standard InChI is InChI=1S/C44H24N4O2S/c1-2-11-26(12-3-1)41-46-42(28-20-21-31-30-14-6-8-16-35(30)49-36(31)23-28)48-43(47-41)38-39-34(24-33-32-15-7-9-17-37(32)51-40(33)38)45-44(50-39)29-19-18-25-10-4-5-13-27(25)22-29/h1-24H. The molecule has 7 heteroatoms. The second-order valence-electron chi connectivity index (χ2n) is 12.6. The van der Waals surface area contributed by atoms with E-state index in [2.05, 4.69) is 78.9 Å². The summed E-state index contributed by atoms with van der Waals surface area (Å²) in [5.41, 5.74) is 6.44. The number of oxazole rings is 1. The second-order valence-corrected chi connectivity index (χ2v) is 13.7. The molecule has 51 heavy (non-hydrogen) atoms. The fraction of sp³-hybridized carbons (Fsp3) is 0. The lowest BCUT2D eigenvalue weighted by atomic mass is 10.1. The van der Waals surface area contributed by atoms with E-state index in [-0.39, 0.29) is 0 Å². The van der Waals surface area contributed by atoms with Crippen LogP contribution >= 0.6 is 11.3 Å². The predicted octanol–water partition coefficient (Wildman–Crippen LogP) is 12.1. The highest BCUT2D eigenvalue weighted by Crippen LogP contribution is 2.45. The summed E-state index contributed by atoms with van der Waals surface area (Å²) < 4.78 is 15.2. The van der Waals surface area contributed by atoms with Gasteiger partial charge in [-0.15, -0.1) is 11.3 Å². The molecule has 0 fully saturated rings. The summed E-state index contributed by atoms with van der Waals surface area (Å²) in [6.07, 6.45) is 0. The molecule has 4 aromatic heterocycles. The van der Waals surface area contributed by atoms with Gasteiger partial charge in [0.25, 0.3) is 0 Å². The van der Waals surface area contributed by atoms with Crippen LogP contribution in [0.4, 0.5) is 0 Å². The maximum atomic E-state index is 6.76. The van der Waals surface area contributed by atoms with Crippen LogP contribution in [0, 0.1) is 0 Å². The van der Waals surface area contributed by atoms with Crippen LogP contribution in [-0.2, 0) is 0 Å². The van der Waals surface area contributed by atoms with Crippen molar-refractivity contribution in [1.29, 1.82) is 0 Å². The minimum Gasteiger partial charge on any atom is -0.456 e. The molecule has 11 rings (SSSR count). The van der Waals surface area contributed by atoms with E-state index in [4.69, 9.17) is 28.8 Å². The molecule has 6 nitrogen and oxygen atoms in total. The molecule has 7 aromatic carbocycles. The zero-order valence-electron chi connectivity index (χ0n) is 26.9. The normalized spacial score (nSPS) is 11.9. The van der Waals surface area contributed by atoms with Gasteiger partial charge in [0.2, 0.25) is 5.89 Å². The van der Waals surface area contributed by atoms with Gasteiger partial charge in [0.15, 0.2) is 23.1 Å². The molecule has 0 amide bonds. The molecule has 0 atom stereocenters. The number of thiophene rings is 1. The fourth-order valence-corrected chi connectivity index (χ4v) is 8.31. The number of aromatic nitrogens is 4. The van der Waals surface area contributed by atoms with Crippen LogP contribution in [0.5, 0.6) is 0 Å². The smallest absolute Gasteiger partial charge is 0.227 e. The molecule has 4 heterocycles. The van der Waals surface area contributed by atoms with E-state index in [0.717, 1.165) is 76.0 Å². The number of rotatable bonds is 4. The van der Waals surface area contributed by atoms with E-state index in [9.17, 15) is 0 Å². The van der Waals surface area contributed by atoms with Gasteiger partial charge < -0.3 is 8.83 Å². The SMILES string of the molecule is c1ccc(-c2nc(-c3ccc4c(c3)oc3ccccc34)nc(-c3c4oc(-c5ccc6ccccc6c5)nc4cc4c3sc3ccccc34)n2)cc1. The Morgan fingerprint density at radius 1 is 0.431 bits per heavy atom. The molecular formula is C44H24N4O2S. The molecule has 0 aliphatic heterocycles. The van der Waals surface area contributed by atoms with Crippen LogP contribution in [-0.4, -0.2) is 19.9 Å². The third-order valence-electron chi connectivity index (χ3n) is 9.55. The van der Waals surface area contributed by atoms with Crippen molar-refractivity contribution < 1.29 is 8.83 Å². The van der Waals surface area contributed by atoms with Crippen LogP contribution in [0.15, 0.2) is 154 Å². The second kappa shape index (κ2) is 10.9. The summed E-state index contributed by atoms with van der Waals surface area (Å²) in [6, 6.07) is 49.5. The Morgan fingerprint density at radius 3 is 2.04 bits per heavy atom. The van der Waals surface area contributed by atoms with Crippen molar-refractivity contribution in [3.05, 3.63) is 146 Å². The molecule has 0 aliphatic carbocycles. The van der Waals surface area contributed by atoms with Crippen molar-refractivity contribution in [2.75, 3.05) is 0 Å². The van der Waals surface area contributed by atoms with Gasteiger partial charge in [-0.05, 0) is 53.2 Å². The Hall–Kier alpha value is -6.70. The molecule has 0 unspecified atom stereocenters. The van der Waals surface area contributed by atoms with Crippen LogP contribution in [0.2, 0.25) is 0 Å². The predicted molar refractivity (Wildman–Crippen MR) is 207 cm³/mol. The van der Waals surface area contributed by atoms with Gasteiger partial charge in [0, 0.05) is 42.9 Å². The zero-order valence-corrected chi connectivity index (χ0v) is 27.7. The zero-order chi connectivity index (χ0) is 33.5. The van der Waals surface area contributed by atoms with Gasteiger partial charge in [-0.25, -0.2) is 19.9 Å². The van der Waals surface area contributed by atoms with E-state index in [0.29, 0.717) is 28.9 Å². The summed E-state index contributed by atoms with van der Waals surface area (Å²) in [7, 11) is 0. The Kier molecular flexibility index (Phi) is 6.02. The third kappa shape index (κ3) is 4.49. The summed E-state index contributed by atoms with van der Waals surface area (Å²) in [5, 5.41) is 6.66. The maximum Gasteiger partial charge on any atom is 0.227 e. The molecular weight excluding hydrogens is 649 g/mol. The first kappa shape index (κ1) is 28.2. The fourth-order valence-electron chi connectivity index (χ4n) is 7.09. The first-order valence-electron chi connectivity index (χ1n) is 16.7. The molecule has 0 aliphatic rings. The van der Waals surface area contributed by atoms with Crippen LogP contribution in [0.3, 0.4) is 0 Å². The number of para-hydroxylation sites is 1. The Labute approximate surface area is 294 Å². The summed E-state index contributed by atoms with van der Waals surface area (Å²) in [5.74, 6) is 2.18. The van der Waals surface area contributed by atoms with Crippen LogP contribution in [0.1, 0.15) is 0 Å². The maximum absolute atomic E-state index is 6.76. The largest absolute Gasteiger partial charge is 0.456 e. The van der Waals surface area contributed by atoms with Crippen molar-refractivity contribution in [2.24, 2.45) is 0 Å². The topological polar surface area (TPSA) is 77.8 Å². The van der Waals surface area contributed by atoms with Crippen molar-refractivity contribution >= 4 is 75.3 Å². The lowest BCUT2D eigenvalue weighted by molar-refractivity contribution is 0.621. The van der Waals surface area contributed by atoms with Crippen molar-refractivity contribution in [1.82, 2.24) is 19.9 Å². The number of fused-ring (bicyclic) bond motifs is 8. The van der Waals surface area contributed by atoms with E-state index in [1.807, 2.05) is 66.7 Å². The minimum atomic E-state index is 0.520. The molecule has 0 spiro atoms. The highest BCUT2D eigenvalue weighted by molar-refractivity contribution is 7.26. The van der Waals surface area contributed by atoms with Gasteiger partial charge in [0.05, 0.1) is 10.3 Å². The van der Waals surface area contributed by atoms with Gasteiger partial charge >= 0.3 is 0 Å². The highest BCUT2D eigenvalue weighted by atomic mass is 32.1. The lowest BCUT2D eigenvalue weighted by Crippen LogP contribution is -2.00. The highest BCUT2D eigenvalue weighted by Gasteiger charge is 2.24. The number of hydrogen-bond donors (Lipinski definition) is 0. The van der Waals surface area contributed by atoms with Crippen LogP contribution < -0.4 is 0 Å². The average Bonchev–Trinajstić information content (AvgIpc) is 3.90. The Bertz CT molecular complexity index is 3160. The van der Waals surface area contributed by atoms with Crippen LogP contribution in [0.25, 0.3) is 110 Å². The van der Waals surface area contributed by atoms with Gasteiger partial charge in [-0.2, -0.15) is 0 Å². The molecule has 11 aromatic rings. The van der Waals surface area contributed by atoms with Gasteiger partial charge in [0.1, 0.15) is 16.7 Å². The summed E-state index contributed by atoms with van der Waals surface area (Å²) >= 11 is 1.71. The van der Waals surface area contributed by atoms with Crippen molar-refractivity contribution in [2.45, 2.75) is 0 Å². The molecule has 0 radical (unpaired) electrons.